The minimum Gasteiger partial charge on any atom is -0.368 e. The highest BCUT2D eigenvalue weighted by Gasteiger charge is 2.29. The lowest BCUT2D eigenvalue weighted by atomic mass is 10.0. The summed E-state index contributed by atoms with van der Waals surface area (Å²) in [7, 11) is 1.86. The van der Waals surface area contributed by atoms with Crippen LogP contribution < -0.4 is 15.6 Å². The normalized spacial score (nSPS) is 18.3. The summed E-state index contributed by atoms with van der Waals surface area (Å²) in [6.07, 6.45) is 8.34. The topological polar surface area (TPSA) is 74.3 Å². The number of amides is 1. The van der Waals surface area contributed by atoms with Crippen molar-refractivity contribution >= 4 is 45.4 Å². The molecule has 1 atom stereocenters. The molecule has 8 nitrogen and oxygen atoms in total. The van der Waals surface area contributed by atoms with Gasteiger partial charge in [0.05, 0.1) is 27.6 Å². The zero-order chi connectivity index (χ0) is 29.4. The second-order valence-corrected chi connectivity index (χ2v) is 11.4. The first-order valence-electron chi connectivity index (χ1n) is 14.7. The lowest BCUT2D eigenvalue weighted by molar-refractivity contribution is 0.0950. The van der Waals surface area contributed by atoms with Gasteiger partial charge in [0.25, 0.3) is 5.91 Å². The zero-order valence-corrected chi connectivity index (χ0v) is 24.3. The Morgan fingerprint density at radius 1 is 1.14 bits per heavy atom. The molecule has 0 aliphatic carbocycles. The van der Waals surface area contributed by atoms with E-state index in [0.29, 0.717) is 36.5 Å². The first-order chi connectivity index (χ1) is 20.4. The van der Waals surface area contributed by atoms with Crippen molar-refractivity contribution in [2.45, 2.75) is 26.2 Å². The molecule has 2 saturated heterocycles. The fourth-order valence-corrected chi connectivity index (χ4v) is 6.54. The van der Waals surface area contributed by atoms with Gasteiger partial charge >= 0.3 is 0 Å². The molecule has 2 aliphatic rings. The number of fused-ring (bicyclic) bond motifs is 5. The van der Waals surface area contributed by atoms with E-state index in [0.717, 1.165) is 42.7 Å². The molecule has 0 bridgehead atoms. The van der Waals surface area contributed by atoms with E-state index in [1.54, 1.807) is 18.4 Å². The third kappa shape index (κ3) is 4.91. The molecule has 1 N–H and O–H groups in total. The molecular weight excluding hydrogens is 531 g/mol. The molecule has 1 unspecified atom stereocenters. The van der Waals surface area contributed by atoms with Crippen molar-refractivity contribution in [3.8, 4) is 0 Å². The van der Waals surface area contributed by atoms with Crippen LogP contribution in [0.25, 0.3) is 27.6 Å². The maximum absolute atomic E-state index is 15.8. The standard InChI is InChI=1S/C33H37FN6O2/c1-4-12-35-20-22(2)23-11-16-39(21-23)29-19-28-24(18-25(29)34)31(41)30(32(42)36-13-17-38-14-7-8-15-38)33-37(3)26-9-5-6-10-27(26)40(28)33/h4-6,9-10,12,18-20,23H,1,7-8,11,13-17,21H2,2-3H3,(H,36,42)/b22-20+,35-12?. The number of nitrogens with zero attached hydrogens (tertiary/aromatic N) is 5. The van der Waals surface area contributed by atoms with Crippen molar-refractivity contribution in [1.82, 2.24) is 19.2 Å². The van der Waals surface area contributed by atoms with E-state index in [-0.39, 0.29) is 16.9 Å². The highest BCUT2D eigenvalue weighted by atomic mass is 19.1. The third-order valence-corrected chi connectivity index (χ3v) is 8.80. The summed E-state index contributed by atoms with van der Waals surface area (Å²) in [5, 5.41) is 3.16. The van der Waals surface area contributed by atoms with Crippen LogP contribution in [0.1, 0.15) is 36.5 Å². The molecule has 0 spiro atoms. The van der Waals surface area contributed by atoms with Gasteiger partial charge in [0.1, 0.15) is 17.0 Å². The number of likely N-dealkylation sites (tertiary alicyclic amines) is 1. The smallest absolute Gasteiger partial charge is 0.259 e. The van der Waals surface area contributed by atoms with E-state index in [1.807, 2.05) is 58.3 Å². The molecule has 42 heavy (non-hydrogen) atoms. The van der Waals surface area contributed by atoms with Crippen LogP contribution in [0.2, 0.25) is 0 Å². The largest absolute Gasteiger partial charge is 0.368 e. The SMILES string of the molecule is C=CC=N/C=C(\C)C1CCN(c2cc3c(cc2F)c(=O)c(C(=O)NCCN2CCCC2)c2n(C)c4ccccc4n32)C1. The van der Waals surface area contributed by atoms with Gasteiger partial charge in [-0.2, -0.15) is 0 Å². The van der Waals surface area contributed by atoms with Crippen molar-refractivity contribution in [2.75, 3.05) is 44.2 Å². The molecule has 0 radical (unpaired) electrons. The number of imidazole rings is 1. The van der Waals surface area contributed by atoms with Gasteiger partial charge in [-0.1, -0.05) is 30.4 Å². The predicted molar refractivity (Wildman–Crippen MR) is 168 cm³/mol. The number of aromatic nitrogens is 2. The highest BCUT2D eigenvalue weighted by molar-refractivity contribution is 6.06. The Bertz CT molecular complexity index is 1810. The van der Waals surface area contributed by atoms with Gasteiger partial charge in [0, 0.05) is 51.6 Å². The Morgan fingerprint density at radius 3 is 2.67 bits per heavy atom. The number of pyridine rings is 1. The summed E-state index contributed by atoms with van der Waals surface area (Å²) in [6.45, 7) is 10.3. The average Bonchev–Trinajstić information content (AvgIpc) is 3.74. The molecule has 9 heteroatoms. The van der Waals surface area contributed by atoms with Crippen LogP contribution in [0.15, 0.2) is 70.6 Å². The van der Waals surface area contributed by atoms with Crippen LogP contribution in [0.4, 0.5) is 10.1 Å². The molecule has 0 saturated carbocycles. The van der Waals surface area contributed by atoms with Crippen LogP contribution in [0.5, 0.6) is 0 Å². The van der Waals surface area contributed by atoms with Gasteiger partial charge in [-0.3, -0.25) is 19.0 Å². The number of rotatable bonds is 8. The number of anilines is 1. The summed E-state index contributed by atoms with van der Waals surface area (Å²) in [5.74, 6) is -0.654. The van der Waals surface area contributed by atoms with Gasteiger partial charge < -0.3 is 19.7 Å². The lowest BCUT2D eigenvalue weighted by Gasteiger charge is -2.21. The van der Waals surface area contributed by atoms with Gasteiger partial charge in [-0.25, -0.2) is 4.39 Å². The molecule has 1 amide bonds. The molecule has 218 valence electrons. The molecule has 2 aliphatic heterocycles. The van der Waals surface area contributed by atoms with E-state index in [4.69, 9.17) is 0 Å². The number of carbonyl (C=O) groups excluding carboxylic acids is 1. The summed E-state index contributed by atoms with van der Waals surface area (Å²) in [5.41, 5.74) is 3.98. The number of halogens is 1. The predicted octanol–water partition coefficient (Wildman–Crippen LogP) is 4.90. The number of carbonyl (C=O) groups is 1. The van der Waals surface area contributed by atoms with E-state index in [9.17, 15) is 9.59 Å². The first-order valence-corrected chi connectivity index (χ1v) is 14.7. The lowest BCUT2D eigenvalue weighted by Crippen LogP contribution is -2.36. The van der Waals surface area contributed by atoms with E-state index in [1.165, 1.54) is 18.9 Å². The highest BCUT2D eigenvalue weighted by Crippen LogP contribution is 2.34. The zero-order valence-electron chi connectivity index (χ0n) is 24.3. The molecule has 2 fully saturated rings. The van der Waals surface area contributed by atoms with E-state index in [2.05, 4.69) is 21.8 Å². The van der Waals surface area contributed by atoms with Crippen LogP contribution in [0, 0.1) is 11.7 Å². The number of aryl methyl sites for hydroxylation is 1. The van der Waals surface area contributed by atoms with Crippen molar-refractivity contribution in [3.63, 3.8) is 0 Å². The first kappa shape index (κ1) is 27.9. The monoisotopic (exact) mass is 568 g/mol. The summed E-state index contributed by atoms with van der Waals surface area (Å²) >= 11 is 0. The fraction of sp³-hybridized carbons (Fsp3) is 0.364. The Hall–Kier alpha value is -4.24. The number of aliphatic imine (C=N–C) groups is 1. The van der Waals surface area contributed by atoms with Crippen molar-refractivity contribution in [3.05, 3.63) is 82.4 Å². The van der Waals surface area contributed by atoms with Crippen molar-refractivity contribution in [1.29, 1.82) is 0 Å². The minimum atomic E-state index is -0.466. The number of hydrogen-bond donors (Lipinski definition) is 1. The number of allylic oxidation sites excluding steroid dienone is 1. The van der Waals surface area contributed by atoms with E-state index < -0.39 is 17.2 Å². The molecule has 6 rings (SSSR count). The number of hydrogen-bond acceptors (Lipinski definition) is 5. The van der Waals surface area contributed by atoms with Gasteiger partial charge in [-0.15, -0.1) is 0 Å². The number of nitrogens with one attached hydrogen (secondary N) is 1. The van der Waals surface area contributed by atoms with Crippen molar-refractivity contribution in [2.24, 2.45) is 18.0 Å². The Labute approximate surface area is 244 Å². The van der Waals surface area contributed by atoms with Crippen LogP contribution in [-0.4, -0.2) is 65.3 Å². The van der Waals surface area contributed by atoms with Gasteiger partial charge in [0.2, 0.25) is 5.43 Å². The second kappa shape index (κ2) is 11.6. The Morgan fingerprint density at radius 2 is 1.90 bits per heavy atom. The van der Waals surface area contributed by atoms with Crippen LogP contribution in [-0.2, 0) is 7.05 Å². The Kier molecular flexibility index (Phi) is 7.68. The van der Waals surface area contributed by atoms with E-state index >= 15 is 4.39 Å². The Balaban J connectivity index is 1.45. The van der Waals surface area contributed by atoms with Gasteiger partial charge in [0.15, 0.2) is 0 Å². The number of benzene rings is 2. The molecule has 2 aromatic heterocycles. The van der Waals surface area contributed by atoms with Gasteiger partial charge in [-0.05, 0) is 63.5 Å². The van der Waals surface area contributed by atoms with Crippen LogP contribution in [0.3, 0.4) is 0 Å². The summed E-state index contributed by atoms with van der Waals surface area (Å²) in [6, 6.07) is 10.9. The summed E-state index contributed by atoms with van der Waals surface area (Å²) < 4.78 is 19.6. The number of para-hydroxylation sites is 2. The maximum Gasteiger partial charge on any atom is 0.259 e. The van der Waals surface area contributed by atoms with Crippen LogP contribution >= 0.6 is 0 Å². The maximum atomic E-state index is 15.8. The molecular formula is C33H37FN6O2. The third-order valence-electron chi connectivity index (χ3n) is 8.80. The second-order valence-electron chi connectivity index (χ2n) is 11.4. The van der Waals surface area contributed by atoms with Crippen molar-refractivity contribution < 1.29 is 9.18 Å². The quantitative estimate of drug-likeness (QED) is 0.307. The minimum absolute atomic E-state index is 0.0387. The molecule has 4 heterocycles. The average molecular weight is 569 g/mol. The molecule has 2 aromatic carbocycles. The fourth-order valence-electron chi connectivity index (χ4n) is 6.54. The summed E-state index contributed by atoms with van der Waals surface area (Å²) in [4.78, 5) is 36.2. The molecule has 4 aromatic rings.